The molecule has 0 spiro atoms. The quantitative estimate of drug-likeness (QED) is 0.195. The number of aromatic nitrogens is 1. The Morgan fingerprint density at radius 1 is 1.12 bits per heavy atom. The fourth-order valence-corrected chi connectivity index (χ4v) is 6.32. The van der Waals surface area contributed by atoms with E-state index in [1.165, 1.54) is 18.5 Å². The minimum absolute atomic E-state index is 0.0153. The van der Waals surface area contributed by atoms with E-state index in [4.69, 9.17) is 0 Å². The molecule has 2 N–H and O–H groups in total. The molecule has 1 aromatic heterocycles. The summed E-state index contributed by atoms with van der Waals surface area (Å²) < 4.78 is 126. The second kappa shape index (κ2) is 11.6. The Morgan fingerprint density at radius 3 is 2.33 bits per heavy atom. The summed E-state index contributed by atoms with van der Waals surface area (Å²) in [7, 11) is -4.18. The number of unbranched alkanes of at least 4 members (excludes halogenated alkanes) is 1. The molecular weight excluding hydrogens is 607 g/mol. The molecule has 2 aromatic rings. The third-order valence-electron chi connectivity index (χ3n) is 7.53. The second-order valence-corrected chi connectivity index (χ2v) is 13.1. The molecule has 0 saturated heterocycles. The summed E-state index contributed by atoms with van der Waals surface area (Å²) in [6.07, 6.45) is -8.63. The Kier molecular flexibility index (Phi) is 8.80. The number of sulfonamides is 1. The number of amides is 2. The SMILES string of the molecule is CC(C)n1ccc(C2=C(C(=O)NS(=O)(=O)C3CC3)C(=O)N[C@@](c3ccc(CCCCC(F)(F)F)cc3F)(C(F)(F)F)C2)c1. The predicted octanol–water partition coefficient (Wildman–Crippen LogP) is 5.82. The van der Waals surface area contributed by atoms with Gasteiger partial charge in [-0.05, 0) is 74.8 Å². The molecule has 1 fully saturated rings. The third-order valence-corrected chi connectivity index (χ3v) is 9.35. The van der Waals surface area contributed by atoms with E-state index in [-0.39, 0.29) is 49.3 Å². The molecular formula is C28H30F7N3O4S. The molecule has 1 aliphatic carbocycles. The molecule has 2 amide bonds. The molecule has 1 saturated carbocycles. The van der Waals surface area contributed by atoms with Crippen molar-refractivity contribution in [2.24, 2.45) is 0 Å². The van der Waals surface area contributed by atoms with E-state index in [0.717, 1.165) is 18.2 Å². The summed E-state index contributed by atoms with van der Waals surface area (Å²) in [5.74, 6) is -4.30. The minimum Gasteiger partial charge on any atom is -0.351 e. The Hall–Kier alpha value is -3.36. The van der Waals surface area contributed by atoms with Crippen LogP contribution in [0.3, 0.4) is 0 Å². The van der Waals surface area contributed by atoms with Crippen LogP contribution in [0.25, 0.3) is 5.57 Å². The monoisotopic (exact) mass is 637 g/mol. The van der Waals surface area contributed by atoms with Crippen LogP contribution in [0.1, 0.15) is 75.1 Å². The van der Waals surface area contributed by atoms with Crippen LogP contribution in [0, 0.1) is 5.82 Å². The molecule has 2 heterocycles. The Bertz CT molecular complexity index is 1540. The highest BCUT2D eigenvalue weighted by Gasteiger charge is 2.61. The van der Waals surface area contributed by atoms with Crippen LogP contribution in [-0.2, 0) is 31.6 Å². The van der Waals surface area contributed by atoms with Crippen LogP contribution >= 0.6 is 0 Å². The first kappa shape index (κ1) is 32.6. The first-order valence-electron chi connectivity index (χ1n) is 13.6. The van der Waals surface area contributed by atoms with Crippen LogP contribution in [-0.4, -0.2) is 42.4 Å². The van der Waals surface area contributed by atoms with E-state index in [0.29, 0.717) is 0 Å². The van der Waals surface area contributed by atoms with Crippen molar-refractivity contribution in [1.29, 1.82) is 0 Å². The van der Waals surface area contributed by atoms with Gasteiger partial charge in [-0.3, -0.25) is 9.59 Å². The fourth-order valence-electron chi connectivity index (χ4n) is 5.03. The molecule has 0 unspecified atom stereocenters. The van der Waals surface area contributed by atoms with E-state index in [9.17, 15) is 44.3 Å². The summed E-state index contributed by atoms with van der Waals surface area (Å²) in [4.78, 5) is 26.5. The lowest BCUT2D eigenvalue weighted by Gasteiger charge is -2.41. The van der Waals surface area contributed by atoms with Gasteiger partial charge in [-0.15, -0.1) is 0 Å². The maximum atomic E-state index is 15.4. The predicted molar refractivity (Wildman–Crippen MR) is 142 cm³/mol. The standard InChI is InChI=1S/C28H30F7N3O4S/c1-16(2)38-12-10-18(15-38)20-14-26(28(33,34)35,36-24(39)23(20)25(40)37-43(41,42)19-7-8-19)21-9-6-17(13-22(21)29)5-3-4-11-27(30,31)32/h6,9-10,12-13,15-16,19H,3-5,7-8,11,14H2,1-2H3,(H,36,39)(H,37,40)/t26-/m0/s1. The maximum absolute atomic E-state index is 15.4. The summed E-state index contributed by atoms with van der Waals surface area (Å²) in [5, 5.41) is 0.900. The number of carbonyl (C=O) groups excluding carboxylic acids is 2. The molecule has 0 radical (unpaired) electrons. The van der Waals surface area contributed by atoms with Crippen molar-refractivity contribution in [2.45, 2.75) is 88.0 Å². The molecule has 7 nitrogen and oxygen atoms in total. The van der Waals surface area contributed by atoms with Crippen LogP contribution < -0.4 is 10.0 Å². The maximum Gasteiger partial charge on any atom is 0.416 e. The smallest absolute Gasteiger partial charge is 0.351 e. The zero-order valence-corrected chi connectivity index (χ0v) is 24.0. The number of benzene rings is 1. The van der Waals surface area contributed by atoms with Crippen molar-refractivity contribution in [3.8, 4) is 0 Å². The molecule has 0 bridgehead atoms. The van der Waals surface area contributed by atoms with Crippen molar-refractivity contribution >= 4 is 27.4 Å². The number of alkyl halides is 6. The summed E-state index contributed by atoms with van der Waals surface area (Å²) in [6, 6.07) is 3.97. The lowest BCUT2D eigenvalue weighted by Crippen LogP contribution is -2.60. The number of rotatable bonds is 10. The summed E-state index contributed by atoms with van der Waals surface area (Å²) in [5.41, 5.74) is -5.38. The summed E-state index contributed by atoms with van der Waals surface area (Å²) >= 11 is 0. The van der Waals surface area contributed by atoms with Gasteiger partial charge in [-0.2, -0.15) is 26.3 Å². The number of nitrogens with one attached hydrogen (secondary N) is 2. The molecule has 1 atom stereocenters. The van der Waals surface area contributed by atoms with Crippen molar-refractivity contribution in [3.05, 3.63) is 64.7 Å². The van der Waals surface area contributed by atoms with Gasteiger partial charge in [0.15, 0.2) is 5.54 Å². The van der Waals surface area contributed by atoms with E-state index in [2.05, 4.69) is 0 Å². The molecule has 236 valence electrons. The van der Waals surface area contributed by atoms with Gasteiger partial charge in [0.25, 0.3) is 11.8 Å². The normalized spacial score (nSPS) is 20.0. The lowest BCUT2D eigenvalue weighted by atomic mass is 9.76. The zero-order chi connectivity index (χ0) is 32.0. The molecule has 1 aromatic carbocycles. The van der Waals surface area contributed by atoms with Gasteiger partial charge in [0.2, 0.25) is 10.0 Å². The highest BCUT2D eigenvalue weighted by Crippen LogP contribution is 2.49. The van der Waals surface area contributed by atoms with E-state index in [1.54, 1.807) is 28.5 Å². The van der Waals surface area contributed by atoms with Gasteiger partial charge in [-0.1, -0.05) is 12.1 Å². The third kappa shape index (κ3) is 7.07. The van der Waals surface area contributed by atoms with Gasteiger partial charge < -0.3 is 9.88 Å². The average Bonchev–Trinajstić information content (AvgIpc) is 3.62. The van der Waals surface area contributed by atoms with Gasteiger partial charge in [0.05, 0.1) is 5.25 Å². The number of hydrogen-bond acceptors (Lipinski definition) is 4. The van der Waals surface area contributed by atoms with E-state index in [1.807, 2.05) is 0 Å². The molecule has 2 aliphatic rings. The van der Waals surface area contributed by atoms with Crippen molar-refractivity contribution < 1.29 is 48.7 Å². The van der Waals surface area contributed by atoms with Gasteiger partial charge in [0.1, 0.15) is 11.4 Å². The first-order valence-corrected chi connectivity index (χ1v) is 15.1. The van der Waals surface area contributed by atoms with E-state index >= 15 is 4.39 Å². The van der Waals surface area contributed by atoms with E-state index < -0.39 is 80.3 Å². The highest BCUT2D eigenvalue weighted by atomic mass is 32.2. The van der Waals surface area contributed by atoms with Crippen LogP contribution in [0.2, 0.25) is 0 Å². The first-order chi connectivity index (χ1) is 19.8. The Balaban J connectivity index is 1.76. The van der Waals surface area contributed by atoms with Crippen molar-refractivity contribution in [3.63, 3.8) is 0 Å². The number of carbonyl (C=O) groups is 2. The fraction of sp³-hybridized carbons (Fsp3) is 0.500. The largest absolute Gasteiger partial charge is 0.416 e. The number of nitrogens with zero attached hydrogens (tertiary/aromatic N) is 1. The number of halogens is 7. The number of hydrogen-bond donors (Lipinski definition) is 2. The molecule has 15 heteroatoms. The van der Waals surface area contributed by atoms with Gasteiger partial charge >= 0.3 is 12.4 Å². The van der Waals surface area contributed by atoms with Crippen LogP contribution in [0.4, 0.5) is 30.7 Å². The van der Waals surface area contributed by atoms with Crippen molar-refractivity contribution in [1.82, 2.24) is 14.6 Å². The van der Waals surface area contributed by atoms with Crippen LogP contribution in [0.15, 0.2) is 42.2 Å². The van der Waals surface area contributed by atoms with Crippen molar-refractivity contribution in [2.75, 3.05) is 0 Å². The second-order valence-electron chi connectivity index (χ2n) is 11.1. The Labute approximate surface area is 243 Å². The number of aryl methyl sites for hydroxylation is 1. The van der Waals surface area contributed by atoms with Crippen LogP contribution in [0.5, 0.6) is 0 Å². The minimum atomic E-state index is -5.30. The topological polar surface area (TPSA) is 97.3 Å². The van der Waals surface area contributed by atoms with Gasteiger partial charge in [0, 0.05) is 36.8 Å². The zero-order valence-electron chi connectivity index (χ0n) is 23.2. The Morgan fingerprint density at radius 2 is 1.79 bits per heavy atom. The highest BCUT2D eigenvalue weighted by molar-refractivity contribution is 7.91. The van der Waals surface area contributed by atoms with Gasteiger partial charge in [-0.25, -0.2) is 17.5 Å². The molecule has 4 rings (SSSR count). The molecule has 43 heavy (non-hydrogen) atoms. The average molecular weight is 638 g/mol. The lowest BCUT2D eigenvalue weighted by molar-refractivity contribution is -0.202. The summed E-state index contributed by atoms with van der Waals surface area (Å²) in [6.45, 7) is 3.56. The molecule has 1 aliphatic heterocycles.